The second kappa shape index (κ2) is 13.6. The van der Waals surface area contributed by atoms with Crippen molar-refractivity contribution in [2.24, 2.45) is 0 Å². The van der Waals surface area contributed by atoms with Gasteiger partial charge in [-0.15, -0.1) is 11.3 Å². The van der Waals surface area contributed by atoms with E-state index in [1.165, 1.54) is 47.1 Å². The molecule has 59 heavy (non-hydrogen) atoms. The largest absolute Gasteiger partial charge is 0.247 e. The van der Waals surface area contributed by atoms with Crippen LogP contribution in [0.4, 0.5) is 0 Å². The first kappa shape index (κ1) is 33.6. The highest BCUT2D eigenvalue weighted by Gasteiger charge is 2.18. The molecule has 274 valence electrons. The van der Waals surface area contributed by atoms with Gasteiger partial charge in [-0.1, -0.05) is 176 Å². The summed E-state index contributed by atoms with van der Waals surface area (Å²) in [5, 5.41) is 10.9. The summed E-state index contributed by atoms with van der Waals surface area (Å²) in [5.41, 5.74) is 10.3. The van der Waals surface area contributed by atoms with Gasteiger partial charge in [-0.2, -0.15) is 0 Å². The second-order valence-corrected chi connectivity index (χ2v) is 16.2. The topological polar surface area (TPSA) is 38.7 Å². The molecule has 12 rings (SSSR count). The SMILES string of the molecule is c1cc(-c2ccc(-c3cc(-c4cccc5ccccc45)nc(-c4cccc5ccccc45)n3)cc2)cc(-c2nc3ccccc3c3c2ccc2c4ccccc4sc23)c1. The van der Waals surface area contributed by atoms with Crippen LogP contribution in [0.25, 0.3) is 120 Å². The molecule has 0 unspecified atom stereocenters. The van der Waals surface area contributed by atoms with Crippen molar-refractivity contribution in [2.45, 2.75) is 0 Å². The van der Waals surface area contributed by atoms with Crippen molar-refractivity contribution < 1.29 is 0 Å². The van der Waals surface area contributed by atoms with Crippen LogP contribution in [0.2, 0.25) is 0 Å². The van der Waals surface area contributed by atoms with Gasteiger partial charge in [0.05, 0.1) is 22.6 Å². The smallest absolute Gasteiger partial charge is 0.161 e. The summed E-state index contributed by atoms with van der Waals surface area (Å²) < 4.78 is 2.62. The Morgan fingerprint density at radius 2 is 0.932 bits per heavy atom. The van der Waals surface area contributed by atoms with Gasteiger partial charge in [0.2, 0.25) is 0 Å². The van der Waals surface area contributed by atoms with Crippen LogP contribution in [0.15, 0.2) is 200 Å². The van der Waals surface area contributed by atoms with E-state index in [1.807, 2.05) is 11.3 Å². The average molecular weight is 768 g/mol. The molecule has 0 amide bonds. The van der Waals surface area contributed by atoms with Crippen molar-refractivity contribution >= 4 is 74.7 Å². The van der Waals surface area contributed by atoms with Crippen molar-refractivity contribution in [3.05, 3.63) is 200 Å². The lowest BCUT2D eigenvalue weighted by molar-refractivity contribution is 1.19. The number of thiophene rings is 1. The molecule has 9 aromatic carbocycles. The summed E-state index contributed by atoms with van der Waals surface area (Å²) in [5.74, 6) is 0.710. The molecule has 3 nitrogen and oxygen atoms in total. The van der Waals surface area contributed by atoms with Gasteiger partial charge in [0.25, 0.3) is 0 Å². The molecule has 12 aromatic rings. The number of pyridine rings is 1. The Labute approximate surface area is 344 Å². The van der Waals surface area contributed by atoms with E-state index < -0.39 is 0 Å². The predicted molar refractivity (Wildman–Crippen MR) is 250 cm³/mol. The maximum atomic E-state index is 5.32. The summed E-state index contributed by atoms with van der Waals surface area (Å²) in [6.45, 7) is 0. The third kappa shape index (κ3) is 5.60. The minimum absolute atomic E-state index is 0.710. The lowest BCUT2D eigenvalue weighted by Gasteiger charge is -2.13. The molecule has 0 fully saturated rings. The highest BCUT2D eigenvalue weighted by Crippen LogP contribution is 2.44. The molecule has 4 heteroatoms. The fourth-order valence-corrected chi connectivity index (χ4v) is 10.1. The Balaban J connectivity index is 0.977. The molecule has 0 saturated carbocycles. The maximum Gasteiger partial charge on any atom is 0.161 e. The van der Waals surface area contributed by atoms with Crippen LogP contribution in [-0.2, 0) is 0 Å². The second-order valence-electron chi connectivity index (χ2n) is 15.1. The van der Waals surface area contributed by atoms with Crippen molar-refractivity contribution in [3.8, 4) is 56.3 Å². The normalized spacial score (nSPS) is 11.7. The summed E-state index contributed by atoms with van der Waals surface area (Å²) >= 11 is 1.87. The number of rotatable bonds is 5. The molecule has 0 aliphatic rings. The van der Waals surface area contributed by atoms with Crippen LogP contribution in [0.1, 0.15) is 0 Å². The molecule has 0 aliphatic heterocycles. The average Bonchev–Trinajstić information content (AvgIpc) is 3.70. The van der Waals surface area contributed by atoms with Gasteiger partial charge in [-0.25, -0.2) is 15.0 Å². The highest BCUT2D eigenvalue weighted by molar-refractivity contribution is 7.26. The first-order chi connectivity index (χ1) is 29.2. The molecular weight excluding hydrogens is 735 g/mol. The first-order valence-corrected chi connectivity index (χ1v) is 20.7. The molecule has 3 aromatic heterocycles. The van der Waals surface area contributed by atoms with Crippen molar-refractivity contribution in [1.82, 2.24) is 15.0 Å². The van der Waals surface area contributed by atoms with Crippen LogP contribution in [0.3, 0.4) is 0 Å². The molecule has 3 heterocycles. The van der Waals surface area contributed by atoms with Gasteiger partial charge in [-0.3, -0.25) is 0 Å². The van der Waals surface area contributed by atoms with Crippen LogP contribution >= 0.6 is 11.3 Å². The van der Waals surface area contributed by atoms with E-state index in [2.05, 4.69) is 200 Å². The molecule has 0 saturated heterocycles. The fraction of sp³-hybridized carbons (Fsp3) is 0. The minimum atomic E-state index is 0.710. The zero-order chi connectivity index (χ0) is 38.9. The van der Waals surface area contributed by atoms with Crippen LogP contribution in [0, 0.1) is 0 Å². The van der Waals surface area contributed by atoms with E-state index >= 15 is 0 Å². The molecule has 0 aliphatic carbocycles. The van der Waals surface area contributed by atoms with Crippen LogP contribution < -0.4 is 0 Å². The molecule has 0 spiro atoms. The summed E-state index contributed by atoms with van der Waals surface area (Å²) in [4.78, 5) is 15.8. The van der Waals surface area contributed by atoms with Crippen molar-refractivity contribution in [3.63, 3.8) is 0 Å². The third-order valence-electron chi connectivity index (χ3n) is 11.7. The van der Waals surface area contributed by atoms with Gasteiger partial charge in [0.1, 0.15) is 0 Å². The van der Waals surface area contributed by atoms with Crippen LogP contribution in [-0.4, -0.2) is 15.0 Å². The Bertz CT molecular complexity index is 3510. The minimum Gasteiger partial charge on any atom is -0.247 e. The number of hydrogen-bond acceptors (Lipinski definition) is 4. The molecule has 0 bridgehead atoms. The van der Waals surface area contributed by atoms with E-state index in [0.29, 0.717) is 5.82 Å². The quantitative estimate of drug-likeness (QED) is 0.164. The first-order valence-electron chi connectivity index (χ1n) is 19.9. The predicted octanol–water partition coefficient (Wildman–Crippen LogP) is 15.2. The Morgan fingerprint density at radius 1 is 0.339 bits per heavy atom. The molecule has 0 radical (unpaired) electrons. The Hall–Kier alpha value is -7.53. The number of benzene rings is 9. The number of para-hydroxylation sites is 1. The lowest BCUT2D eigenvalue weighted by atomic mass is 9.95. The summed E-state index contributed by atoms with van der Waals surface area (Å²) in [6.07, 6.45) is 0. The van der Waals surface area contributed by atoms with Gasteiger partial charge >= 0.3 is 0 Å². The Morgan fingerprint density at radius 3 is 1.75 bits per heavy atom. The van der Waals surface area contributed by atoms with E-state index in [4.69, 9.17) is 15.0 Å². The molecular formula is C55H33N3S. The molecule has 0 N–H and O–H groups in total. The highest BCUT2D eigenvalue weighted by atomic mass is 32.1. The number of hydrogen-bond donors (Lipinski definition) is 0. The van der Waals surface area contributed by atoms with Gasteiger partial charge < -0.3 is 0 Å². The van der Waals surface area contributed by atoms with Gasteiger partial charge in [-0.05, 0) is 56.9 Å². The van der Waals surface area contributed by atoms with Crippen LogP contribution in [0.5, 0.6) is 0 Å². The standard InChI is InChI=1S/C55H33N3S/c1-3-18-40-35(12-1)14-10-22-42(40)50-33-49(57-55(58-50)45-23-11-15-36-13-2-4-19-41(36)45)37-28-26-34(27-29-37)38-16-9-17-39(32-38)53-47-31-30-44-43-20-6-8-25-51(43)59-54(44)52(47)46-21-5-7-24-48(46)56-53/h1-33H. The zero-order valence-corrected chi connectivity index (χ0v) is 32.6. The number of nitrogens with zero attached hydrogens (tertiary/aromatic N) is 3. The fourth-order valence-electron chi connectivity index (χ4n) is 8.84. The summed E-state index contributed by atoms with van der Waals surface area (Å²) in [6, 6.07) is 71.3. The van der Waals surface area contributed by atoms with Crippen molar-refractivity contribution in [2.75, 3.05) is 0 Å². The van der Waals surface area contributed by atoms with E-state index in [9.17, 15) is 0 Å². The molecule has 0 atom stereocenters. The van der Waals surface area contributed by atoms with E-state index in [-0.39, 0.29) is 0 Å². The zero-order valence-electron chi connectivity index (χ0n) is 31.8. The monoisotopic (exact) mass is 767 g/mol. The number of fused-ring (bicyclic) bond motifs is 9. The van der Waals surface area contributed by atoms with E-state index in [0.717, 1.165) is 66.8 Å². The van der Waals surface area contributed by atoms with Gasteiger partial charge in [0.15, 0.2) is 5.82 Å². The summed E-state index contributed by atoms with van der Waals surface area (Å²) in [7, 11) is 0. The lowest BCUT2D eigenvalue weighted by Crippen LogP contribution is -1.97. The van der Waals surface area contributed by atoms with Gasteiger partial charge in [0, 0.05) is 58.6 Å². The number of aromatic nitrogens is 3. The third-order valence-corrected chi connectivity index (χ3v) is 12.9. The Kier molecular flexibility index (Phi) is 7.72. The van der Waals surface area contributed by atoms with Crippen molar-refractivity contribution in [1.29, 1.82) is 0 Å². The maximum absolute atomic E-state index is 5.32. The van der Waals surface area contributed by atoms with E-state index in [1.54, 1.807) is 0 Å².